The molecular formula is C12H20N4O7. The van der Waals surface area contributed by atoms with Crippen LogP contribution in [0.25, 0.3) is 0 Å². The summed E-state index contributed by atoms with van der Waals surface area (Å²) in [6.45, 7) is 2.07. The number of carboxylic acid groups (broad SMARTS) is 2. The summed E-state index contributed by atoms with van der Waals surface area (Å²) in [5.41, 5.74) is 5.34. The largest absolute Gasteiger partial charge is 0.481 e. The van der Waals surface area contributed by atoms with Gasteiger partial charge in [0.15, 0.2) is 0 Å². The summed E-state index contributed by atoms with van der Waals surface area (Å²) < 4.78 is 0. The van der Waals surface area contributed by atoms with E-state index in [4.69, 9.17) is 15.9 Å². The number of hydrogen-bond acceptors (Lipinski definition) is 6. The lowest BCUT2D eigenvalue weighted by molar-refractivity contribution is -0.139. The molecule has 11 heteroatoms. The fourth-order valence-corrected chi connectivity index (χ4v) is 1.39. The minimum Gasteiger partial charge on any atom is -0.481 e. The lowest BCUT2D eigenvalue weighted by atomic mass is 10.2. The SMILES string of the molecule is CC(NC(=O)C(N)CC(=O)O)C(=O)NC(C)C(=O)NCC(=O)O. The van der Waals surface area contributed by atoms with Gasteiger partial charge in [0, 0.05) is 0 Å². The average molecular weight is 332 g/mol. The van der Waals surface area contributed by atoms with Gasteiger partial charge in [-0.25, -0.2) is 0 Å². The van der Waals surface area contributed by atoms with Crippen molar-refractivity contribution in [1.29, 1.82) is 0 Å². The Morgan fingerprint density at radius 3 is 1.83 bits per heavy atom. The zero-order valence-electron chi connectivity index (χ0n) is 12.7. The van der Waals surface area contributed by atoms with Crippen molar-refractivity contribution in [1.82, 2.24) is 16.0 Å². The summed E-state index contributed by atoms with van der Waals surface area (Å²) in [4.78, 5) is 55.6. The monoisotopic (exact) mass is 332 g/mol. The molecule has 0 heterocycles. The van der Waals surface area contributed by atoms with Crippen LogP contribution in [0.15, 0.2) is 0 Å². The summed E-state index contributed by atoms with van der Waals surface area (Å²) in [6, 6.07) is -3.38. The third-order valence-electron chi connectivity index (χ3n) is 2.65. The number of carbonyl (C=O) groups excluding carboxylic acids is 3. The number of aliphatic carboxylic acids is 2. The smallest absolute Gasteiger partial charge is 0.322 e. The highest BCUT2D eigenvalue weighted by Crippen LogP contribution is 1.92. The van der Waals surface area contributed by atoms with Gasteiger partial charge in [-0.05, 0) is 13.8 Å². The number of rotatable bonds is 9. The first kappa shape index (κ1) is 20.3. The van der Waals surface area contributed by atoms with Gasteiger partial charge in [0.05, 0.1) is 12.5 Å². The molecule has 0 aliphatic rings. The van der Waals surface area contributed by atoms with E-state index in [1.165, 1.54) is 13.8 Å². The minimum absolute atomic E-state index is 0.588. The van der Waals surface area contributed by atoms with E-state index in [-0.39, 0.29) is 0 Å². The van der Waals surface area contributed by atoms with E-state index in [2.05, 4.69) is 16.0 Å². The summed E-state index contributed by atoms with van der Waals surface area (Å²) in [7, 11) is 0. The quantitative estimate of drug-likeness (QED) is 0.257. The number of carboxylic acids is 2. The van der Waals surface area contributed by atoms with Gasteiger partial charge in [-0.1, -0.05) is 0 Å². The molecule has 11 nitrogen and oxygen atoms in total. The number of carbonyl (C=O) groups is 5. The maximum absolute atomic E-state index is 11.8. The van der Waals surface area contributed by atoms with Gasteiger partial charge >= 0.3 is 11.9 Å². The molecule has 3 unspecified atom stereocenters. The highest BCUT2D eigenvalue weighted by molar-refractivity contribution is 5.93. The topological polar surface area (TPSA) is 188 Å². The van der Waals surface area contributed by atoms with Crippen molar-refractivity contribution in [3.05, 3.63) is 0 Å². The van der Waals surface area contributed by atoms with Crippen LogP contribution in [0.2, 0.25) is 0 Å². The first-order valence-electron chi connectivity index (χ1n) is 6.62. The molecule has 3 atom stereocenters. The zero-order valence-corrected chi connectivity index (χ0v) is 12.7. The number of nitrogens with two attached hydrogens (primary N) is 1. The van der Waals surface area contributed by atoms with Crippen LogP contribution in [0.4, 0.5) is 0 Å². The van der Waals surface area contributed by atoms with E-state index >= 15 is 0 Å². The van der Waals surface area contributed by atoms with Gasteiger partial charge in [-0.2, -0.15) is 0 Å². The molecular weight excluding hydrogens is 312 g/mol. The summed E-state index contributed by atoms with van der Waals surface area (Å²) in [5.74, 6) is -4.72. The number of hydrogen-bond donors (Lipinski definition) is 6. The average Bonchev–Trinajstić information content (AvgIpc) is 2.43. The van der Waals surface area contributed by atoms with Crippen LogP contribution < -0.4 is 21.7 Å². The second-order valence-electron chi connectivity index (χ2n) is 4.78. The van der Waals surface area contributed by atoms with Crippen molar-refractivity contribution in [2.75, 3.05) is 6.54 Å². The Balaban J connectivity index is 4.38. The lowest BCUT2D eigenvalue weighted by Gasteiger charge is -2.19. The summed E-state index contributed by atoms with van der Waals surface area (Å²) >= 11 is 0. The molecule has 130 valence electrons. The first-order chi connectivity index (χ1) is 10.5. The maximum atomic E-state index is 11.8. The Labute approximate surface area is 131 Å². The molecule has 0 aromatic heterocycles. The molecule has 0 bridgehead atoms. The van der Waals surface area contributed by atoms with Crippen molar-refractivity contribution >= 4 is 29.7 Å². The van der Waals surface area contributed by atoms with Crippen molar-refractivity contribution in [2.45, 2.75) is 38.4 Å². The van der Waals surface area contributed by atoms with Crippen LogP contribution in [0.5, 0.6) is 0 Å². The summed E-state index contributed by atoms with van der Waals surface area (Å²) in [6.07, 6.45) is -0.589. The molecule has 0 fully saturated rings. The molecule has 7 N–H and O–H groups in total. The van der Waals surface area contributed by atoms with E-state index in [9.17, 15) is 24.0 Å². The molecule has 3 amide bonds. The molecule has 0 aromatic carbocycles. The van der Waals surface area contributed by atoms with Crippen molar-refractivity contribution in [3.63, 3.8) is 0 Å². The Hall–Kier alpha value is -2.69. The van der Waals surface area contributed by atoms with Gasteiger partial charge in [0.2, 0.25) is 17.7 Å². The first-order valence-corrected chi connectivity index (χ1v) is 6.62. The summed E-state index contributed by atoms with van der Waals surface area (Å²) in [5, 5.41) is 23.5. The maximum Gasteiger partial charge on any atom is 0.322 e. The fraction of sp³-hybridized carbons (Fsp3) is 0.583. The van der Waals surface area contributed by atoms with Gasteiger partial charge in [-0.15, -0.1) is 0 Å². The van der Waals surface area contributed by atoms with E-state index in [1.807, 2.05) is 0 Å². The lowest BCUT2D eigenvalue weighted by Crippen LogP contribution is -2.54. The van der Waals surface area contributed by atoms with Crippen LogP contribution in [0.3, 0.4) is 0 Å². The van der Waals surface area contributed by atoms with Gasteiger partial charge in [-0.3, -0.25) is 24.0 Å². The Morgan fingerprint density at radius 1 is 0.870 bits per heavy atom. The highest BCUT2D eigenvalue weighted by atomic mass is 16.4. The van der Waals surface area contributed by atoms with Gasteiger partial charge in [0.1, 0.15) is 18.6 Å². The molecule has 0 spiro atoms. The molecule has 0 aromatic rings. The van der Waals surface area contributed by atoms with Gasteiger partial charge in [0.25, 0.3) is 0 Å². The second-order valence-corrected chi connectivity index (χ2v) is 4.78. The van der Waals surface area contributed by atoms with Crippen LogP contribution in [0.1, 0.15) is 20.3 Å². The van der Waals surface area contributed by atoms with Crippen molar-refractivity contribution in [2.24, 2.45) is 5.73 Å². The minimum atomic E-state index is -1.31. The van der Waals surface area contributed by atoms with Crippen LogP contribution in [0, 0.1) is 0 Å². The van der Waals surface area contributed by atoms with E-state index < -0.39 is 60.8 Å². The van der Waals surface area contributed by atoms with Crippen molar-refractivity contribution < 1.29 is 34.2 Å². The standard InChI is InChI=1S/C12H20N4O7/c1-5(10(21)14-4-9(19)20)15-11(22)6(2)16-12(23)7(13)3-8(17)18/h5-7H,3-4,13H2,1-2H3,(H,14,21)(H,15,22)(H,16,23)(H,17,18)(H,19,20). The predicted molar refractivity (Wildman–Crippen MR) is 76.1 cm³/mol. The zero-order chi connectivity index (χ0) is 18.2. The third kappa shape index (κ3) is 8.36. The molecule has 0 saturated heterocycles. The Bertz CT molecular complexity index is 494. The molecule has 0 aliphatic carbocycles. The van der Waals surface area contributed by atoms with Gasteiger partial charge < -0.3 is 31.9 Å². The molecule has 23 heavy (non-hydrogen) atoms. The Morgan fingerprint density at radius 2 is 1.35 bits per heavy atom. The van der Waals surface area contributed by atoms with E-state index in [0.717, 1.165) is 0 Å². The number of nitrogens with one attached hydrogen (secondary N) is 3. The normalized spacial score (nSPS) is 14.0. The molecule has 0 radical (unpaired) electrons. The molecule has 0 aliphatic heterocycles. The Kier molecular flexibility index (Phi) is 8.26. The molecule has 0 rings (SSSR count). The van der Waals surface area contributed by atoms with Crippen LogP contribution in [-0.4, -0.2) is 64.5 Å². The van der Waals surface area contributed by atoms with Crippen LogP contribution in [-0.2, 0) is 24.0 Å². The number of amides is 3. The highest BCUT2D eigenvalue weighted by Gasteiger charge is 2.24. The van der Waals surface area contributed by atoms with Crippen LogP contribution >= 0.6 is 0 Å². The fourth-order valence-electron chi connectivity index (χ4n) is 1.39. The predicted octanol–water partition coefficient (Wildman–Crippen LogP) is -3.00. The second kappa shape index (κ2) is 9.35. The van der Waals surface area contributed by atoms with E-state index in [1.54, 1.807) is 0 Å². The van der Waals surface area contributed by atoms with E-state index in [0.29, 0.717) is 0 Å². The third-order valence-corrected chi connectivity index (χ3v) is 2.65. The van der Waals surface area contributed by atoms with Crippen molar-refractivity contribution in [3.8, 4) is 0 Å². The molecule has 0 saturated carbocycles.